The van der Waals surface area contributed by atoms with Gasteiger partial charge in [0.1, 0.15) is 6.04 Å². The molecule has 2 atom stereocenters. The maximum absolute atomic E-state index is 13.1. The van der Waals surface area contributed by atoms with Crippen molar-refractivity contribution in [2.45, 2.75) is 53.1 Å². The summed E-state index contributed by atoms with van der Waals surface area (Å²) in [5, 5.41) is 3.39. The van der Waals surface area contributed by atoms with Crippen LogP contribution in [0.25, 0.3) is 0 Å². The second kappa shape index (κ2) is 9.18. The van der Waals surface area contributed by atoms with Gasteiger partial charge in [0, 0.05) is 5.02 Å². The van der Waals surface area contributed by atoms with Gasteiger partial charge in [-0.1, -0.05) is 42.8 Å². The predicted octanol–water partition coefficient (Wildman–Crippen LogP) is 4.69. The molecule has 7 heteroatoms. The molecule has 0 bridgehead atoms. The fourth-order valence-electron chi connectivity index (χ4n) is 3.28. The average Bonchev–Trinajstić information content (AvgIpc) is 2.62. The summed E-state index contributed by atoms with van der Waals surface area (Å²) in [5.41, 5.74) is 4.44. The van der Waals surface area contributed by atoms with E-state index in [1.807, 2.05) is 39.0 Å². The number of carbonyl (C=O) groups excluding carboxylic acids is 1. The standard InChI is InChI=1S/C22H29ClN2O3S/c1-7-20(22(26)24-17(5)18-10-8-14(2)16(4)12-18)25(29(6,27)28)21-13-19(23)11-9-15(21)3/h8-13,17,20H,7H2,1-6H3,(H,24,26). The lowest BCUT2D eigenvalue weighted by molar-refractivity contribution is -0.122. The summed E-state index contributed by atoms with van der Waals surface area (Å²) in [4.78, 5) is 13.1. The van der Waals surface area contributed by atoms with Gasteiger partial charge < -0.3 is 5.32 Å². The summed E-state index contributed by atoms with van der Waals surface area (Å²) >= 11 is 6.11. The van der Waals surface area contributed by atoms with E-state index in [4.69, 9.17) is 11.6 Å². The maximum Gasteiger partial charge on any atom is 0.244 e. The summed E-state index contributed by atoms with van der Waals surface area (Å²) in [7, 11) is -3.71. The summed E-state index contributed by atoms with van der Waals surface area (Å²) < 4.78 is 26.5. The molecule has 0 heterocycles. The van der Waals surface area contributed by atoms with Crippen LogP contribution in [0.5, 0.6) is 0 Å². The van der Waals surface area contributed by atoms with Crippen LogP contribution in [-0.2, 0) is 14.8 Å². The number of aryl methyl sites for hydroxylation is 3. The first-order valence-corrected chi connectivity index (χ1v) is 11.8. The quantitative estimate of drug-likeness (QED) is 0.684. The number of anilines is 1. The van der Waals surface area contributed by atoms with Gasteiger partial charge in [0.15, 0.2) is 0 Å². The number of rotatable bonds is 7. The molecule has 5 nitrogen and oxygen atoms in total. The van der Waals surface area contributed by atoms with E-state index in [-0.39, 0.29) is 11.9 Å². The van der Waals surface area contributed by atoms with Gasteiger partial charge in [-0.15, -0.1) is 0 Å². The second-order valence-electron chi connectivity index (χ2n) is 7.49. The van der Waals surface area contributed by atoms with Gasteiger partial charge in [-0.05, 0) is 68.5 Å². The lowest BCUT2D eigenvalue weighted by Gasteiger charge is -2.32. The zero-order valence-corrected chi connectivity index (χ0v) is 19.4. The van der Waals surface area contributed by atoms with E-state index < -0.39 is 16.1 Å². The molecule has 0 aliphatic carbocycles. The Morgan fingerprint density at radius 1 is 1.07 bits per heavy atom. The minimum atomic E-state index is -3.71. The van der Waals surface area contributed by atoms with Crippen molar-refractivity contribution >= 4 is 33.2 Å². The molecule has 0 fully saturated rings. The van der Waals surface area contributed by atoms with Gasteiger partial charge in [-0.25, -0.2) is 8.42 Å². The first-order chi connectivity index (χ1) is 13.5. The Morgan fingerprint density at radius 2 is 1.69 bits per heavy atom. The van der Waals surface area contributed by atoms with E-state index in [1.54, 1.807) is 32.0 Å². The first kappa shape index (κ1) is 23.2. The molecule has 1 N–H and O–H groups in total. The van der Waals surface area contributed by atoms with Crippen LogP contribution in [0.15, 0.2) is 36.4 Å². The monoisotopic (exact) mass is 436 g/mol. The van der Waals surface area contributed by atoms with Crippen molar-refractivity contribution in [3.8, 4) is 0 Å². The minimum absolute atomic E-state index is 0.252. The number of carbonyl (C=O) groups is 1. The summed E-state index contributed by atoms with van der Waals surface area (Å²) in [6, 6.07) is 9.93. The Labute approximate surface area is 179 Å². The largest absolute Gasteiger partial charge is 0.348 e. The number of sulfonamides is 1. The molecule has 2 aromatic carbocycles. The summed E-state index contributed by atoms with van der Waals surface area (Å²) in [6.07, 6.45) is 1.43. The van der Waals surface area contributed by atoms with Crippen LogP contribution in [0.4, 0.5) is 5.69 Å². The summed E-state index contributed by atoms with van der Waals surface area (Å²) in [6.45, 7) is 9.54. The average molecular weight is 437 g/mol. The number of benzene rings is 2. The van der Waals surface area contributed by atoms with Crippen molar-refractivity contribution in [2.75, 3.05) is 10.6 Å². The van der Waals surface area contributed by atoms with Gasteiger partial charge in [0.2, 0.25) is 15.9 Å². The SMILES string of the molecule is CCC(C(=O)NC(C)c1ccc(C)c(C)c1)N(c1cc(Cl)ccc1C)S(C)(=O)=O. The highest BCUT2D eigenvalue weighted by Gasteiger charge is 2.33. The van der Waals surface area contributed by atoms with Crippen LogP contribution in [0.1, 0.15) is 48.6 Å². The molecule has 2 aromatic rings. The van der Waals surface area contributed by atoms with Gasteiger partial charge in [0.25, 0.3) is 0 Å². The molecule has 0 spiro atoms. The molecule has 29 heavy (non-hydrogen) atoms. The van der Waals surface area contributed by atoms with E-state index in [9.17, 15) is 13.2 Å². The molecular formula is C22H29ClN2O3S. The maximum atomic E-state index is 13.1. The van der Waals surface area contributed by atoms with Crippen molar-refractivity contribution in [1.29, 1.82) is 0 Å². The molecule has 2 unspecified atom stereocenters. The van der Waals surface area contributed by atoms with Crippen LogP contribution in [0.2, 0.25) is 5.02 Å². The van der Waals surface area contributed by atoms with Crippen molar-refractivity contribution in [2.24, 2.45) is 0 Å². The Kier molecular flexibility index (Phi) is 7.35. The van der Waals surface area contributed by atoms with Crippen molar-refractivity contribution in [3.63, 3.8) is 0 Å². The fourth-order valence-corrected chi connectivity index (χ4v) is 4.71. The van der Waals surface area contributed by atoms with E-state index in [0.717, 1.165) is 22.9 Å². The lowest BCUT2D eigenvalue weighted by Crippen LogP contribution is -2.50. The number of nitrogens with one attached hydrogen (secondary N) is 1. The number of nitrogens with zero attached hydrogens (tertiary/aromatic N) is 1. The molecule has 0 radical (unpaired) electrons. The van der Waals surface area contributed by atoms with Crippen LogP contribution in [0, 0.1) is 20.8 Å². The molecule has 1 amide bonds. The topological polar surface area (TPSA) is 66.5 Å². The molecule has 158 valence electrons. The Hall–Kier alpha value is -2.05. The smallest absolute Gasteiger partial charge is 0.244 e. The van der Waals surface area contributed by atoms with E-state index in [2.05, 4.69) is 5.32 Å². The third-order valence-electron chi connectivity index (χ3n) is 5.13. The van der Waals surface area contributed by atoms with Crippen molar-refractivity contribution in [1.82, 2.24) is 5.32 Å². The van der Waals surface area contributed by atoms with Gasteiger partial charge in [-0.3, -0.25) is 9.10 Å². The molecule has 0 aliphatic rings. The zero-order valence-electron chi connectivity index (χ0n) is 17.8. The number of hydrogen-bond donors (Lipinski definition) is 1. The first-order valence-electron chi connectivity index (χ1n) is 9.58. The van der Waals surface area contributed by atoms with Crippen molar-refractivity contribution < 1.29 is 13.2 Å². The number of halogens is 1. The third kappa shape index (κ3) is 5.52. The lowest BCUT2D eigenvalue weighted by atomic mass is 10.0. The predicted molar refractivity (Wildman–Crippen MR) is 120 cm³/mol. The molecule has 2 rings (SSSR count). The minimum Gasteiger partial charge on any atom is -0.348 e. The Balaban J connectivity index is 2.38. The van der Waals surface area contributed by atoms with Gasteiger partial charge in [-0.2, -0.15) is 0 Å². The van der Waals surface area contributed by atoms with Gasteiger partial charge in [0.05, 0.1) is 18.0 Å². The molecule has 0 saturated carbocycles. The van der Waals surface area contributed by atoms with Crippen LogP contribution < -0.4 is 9.62 Å². The van der Waals surface area contributed by atoms with E-state index in [1.165, 1.54) is 9.87 Å². The fraction of sp³-hybridized carbons (Fsp3) is 0.409. The molecule has 0 aliphatic heterocycles. The Bertz CT molecular complexity index is 1010. The summed E-state index contributed by atoms with van der Waals surface area (Å²) in [5.74, 6) is -0.344. The molecule has 0 saturated heterocycles. The van der Waals surface area contributed by atoms with Crippen molar-refractivity contribution in [3.05, 3.63) is 63.7 Å². The molecular weight excluding hydrogens is 408 g/mol. The number of amides is 1. The second-order valence-corrected chi connectivity index (χ2v) is 9.78. The number of hydrogen-bond acceptors (Lipinski definition) is 3. The van der Waals surface area contributed by atoms with Crippen LogP contribution >= 0.6 is 11.6 Å². The van der Waals surface area contributed by atoms with E-state index in [0.29, 0.717) is 17.1 Å². The highest BCUT2D eigenvalue weighted by molar-refractivity contribution is 7.92. The Morgan fingerprint density at radius 3 is 2.24 bits per heavy atom. The highest BCUT2D eigenvalue weighted by Crippen LogP contribution is 2.29. The van der Waals surface area contributed by atoms with Gasteiger partial charge >= 0.3 is 0 Å². The van der Waals surface area contributed by atoms with E-state index >= 15 is 0 Å². The zero-order chi connectivity index (χ0) is 21.9. The van der Waals surface area contributed by atoms with Crippen LogP contribution in [0.3, 0.4) is 0 Å². The molecule has 0 aromatic heterocycles. The normalized spacial score (nSPS) is 13.6. The third-order valence-corrected chi connectivity index (χ3v) is 6.53. The van der Waals surface area contributed by atoms with Crippen LogP contribution in [-0.4, -0.2) is 26.6 Å². The highest BCUT2D eigenvalue weighted by atomic mass is 35.5.